The van der Waals surface area contributed by atoms with Crippen molar-refractivity contribution in [3.8, 4) is 28.6 Å². The normalized spacial score (nSPS) is 10.1. The molecule has 9 nitrogen and oxygen atoms in total. The highest BCUT2D eigenvalue weighted by Crippen LogP contribution is 2.18. The number of nitrogens with one attached hydrogen (secondary N) is 2. The Hall–Kier alpha value is -4.26. The van der Waals surface area contributed by atoms with Gasteiger partial charge in [-0.05, 0) is 53.1 Å². The van der Waals surface area contributed by atoms with Crippen molar-refractivity contribution in [3.63, 3.8) is 0 Å². The number of benzene rings is 2. The van der Waals surface area contributed by atoms with Gasteiger partial charge in [0.1, 0.15) is 0 Å². The molecule has 2 N–H and O–H groups in total. The zero-order valence-electron chi connectivity index (χ0n) is 15.5. The van der Waals surface area contributed by atoms with Gasteiger partial charge in [-0.2, -0.15) is 9.65 Å². The molecule has 0 aliphatic rings. The van der Waals surface area contributed by atoms with Gasteiger partial charge in [0.2, 0.25) is 0 Å². The molecule has 0 spiro atoms. The molecular formula is C19H16FN5O4+2. The molecule has 10 heteroatoms. The van der Waals surface area contributed by atoms with Crippen LogP contribution < -0.4 is 9.20 Å². The first-order valence-electron chi connectivity index (χ1n) is 8.39. The molecule has 0 radical (unpaired) electrons. The molecule has 146 valence electrons. The minimum absolute atomic E-state index is 0.111. The summed E-state index contributed by atoms with van der Waals surface area (Å²) in [5.41, 5.74) is 3.45. The average Bonchev–Trinajstić information content (AvgIpc) is 3.25. The predicted octanol–water partition coefficient (Wildman–Crippen LogP) is 3.01. The highest BCUT2D eigenvalue weighted by Gasteiger charge is 2.22. The Labute approximate surface area is 162 Å². The fourth-order valence-corrected chi connectivity index (χ4v) is 2.51. The average molecular weight is 397 g/mol. The second-order valence-corrected chi connectivity index (χ2v) is 6.13. The van der Waals surface area contributed by atoms with Crippen LogP contribution in [-0.4, -0.2) is 10.3 Å². The van der Waals surface area contributed by atoms with Crippen LogP contribution in [0.2, 0.25) is 0 Å². The Morgan fingerprint density at radius 2 is 1.28 bits per heavy atom. The van der Waals surface area contributed by atoms with Gasteiger partial charge >= 0.3 is 11.6 Å². The van der Waals surface area contributed by atoms with Crippen molar-refractivity contribution in [1.82, 2.24) is 10.3 Å². The highest BCUT2D eigenvalue weighted by atomic mass is 19.1. The van der Waals surface area contributed by atoms with E-state index in [2.05, 4.69) is 14.4 Å². The first-order chi connectivity index (χ1) is 13.9. The summed E-state index contributed by atoms with van der Waals surface area (Å²) >= 11 is 0. The topological polar surface area (TPSA) is 128 Å². The summed E-state index contributed by atoms with van der Waals surface area (Å²) in [7, 11) is 0. The van der Waals surface area contributed by atoms with Gasteiger partial charge in [0.25, 0.3) is 11.4 Å². The van der Waals surface area contributed by atoms with Crippen molar-refractivity contribution < 1.29 is 22.8 Å². The molecule has 4 aromatic rings. The Balaban J connectivity index is 0.000000166. The lowest BCUT2D eigenvalue weighted by Gasteiger charge is -1.92. The number of aromatic nitrogens is 4. The third-order valence-electron chi connectivity index (χ3n) is 4.02. The third-order valence-corrected chi connectivity index (χ3v) is 4.02. The maximum atomic E-state index is 13.0. The van der Waals surface area contributed by atoms with E-state index in [-0.39, 0.29) is 21.7 Å². The van der Waals surface area contributed by atoms with Crippen molar-refractivity contribution in [2.24, 2.45) is 0 Å². The van der Waals surface area contributed by atoms with Crippen LogP contribution in [0.1, 0.15) is 16.8 Å². The summed E-state index contributed by atoms with van der Waals surface area (Å²) in [5, 5.41) is 12.9. The van der Waals surface area contributed by atoms with Crippen LogP contribution in [0.3, 0.4) is 0 Å². The third kappa shape index (κ3) is 4.19. The van der Waals surface area contributed by atoms with E-state index in [0.29, 0.717) is 15.7 Å². The van der Waals surface area contributed by atoms with Gasteiger partial charge in [-0.25, -0.2) is 0 Å². The second-order valence-electron chi connectivity index (χ2n) is 6.13. The van der Waals surface area contributed by atoms with Crippen molar-refractivity contribution >= 4 is 0 Å². The van der Waals surface area contributed by atoms with E-state index in [1.807, 2.05) is 37.2 Å². The molecule has 0 saturated carbocycles. The summed E-state index contributed by atoms with van der Waals surface area (Å²) in [6.07, 6.45) is 0. The van der Waals surface area contributed by atoms with Crippen molar-refractivity contribution in [3.05, 3.63) is 81.1 Å². The quantitative estimate of drug-likeness (QED) is 0.537. The molecule has 0 unspecified atom stereocenters. The van der Waals surface area contributed by atoms with Gasteiger partial charge in [-0.15, -0.1) is 0 Å². The Morgan fingerprint density at radius 3 is 1.72 bits per heavy atom. The lowest BCUT2D eigenvalue weighted by molar-refractivity contribution is -0.704. The monoisotopic (exact) mass is 397 g/mol. The summed E-state index contributed by atoms with van der Waals surface area (Å²) in [5.74, 6) is -0.774. The molecule has 0 fully saturated rings. The molecule has 4 rings (SSSR count). The van der Waals surface area contributed by atoms with Crippen LogP contribution >= 0.6 is 0 Å². The molecule has 0 bridgehead atoms. The predicted molar refractivity (Wildman–Crippen MR) is 97.9 cm³/mol. The Bertz CT molecular complexity index is 1270. The van der Waals surface area contributed by atoms with E-state index < -0.39 is 5.95 Å². The number of hydrogen-bond acceptors (Lipinski definition) is 5. The van der Waals surface area contributed by atoms with E-state index in [9.17, 15) is 14.2 Å². The fraction of sp³-hybridized carbons (Fsp3) is 0.105. The fourth-order valence-electron chi connectivity index (χ4n) is 2.51. The number of H-pyrrole nitrogens is 2. The zero-order valence-corrected chi connectivity index (χ0v) is 15.5. The second kappa shape index (κ2) is 8.18. The van der Waals surface area contributed by atoms with Gasteiger partial charge in [-0.1, -0.05) is 49.8 Å². The SMILES string of the molecule is Cc1ccc(-c2c(C#N)[nH]o[n+]2=O)cc1.Cc1ccc(-c2c(F)[nH]o[n+]2=O)cc1. The summed E-state index contributed by atoms with van der Waals surface area (Å²) in [6, 6.07) is 16.0. The molecule has 0 aliphatic carbocycles. The Morgan fingerprint density at radius 1 is 0.828 bits per heavy atom. The van der Waals surface area contributed by atoms with Crippen molar-refractivity contribution in [2.75, 3.05) is 0 Å². The summed E-state index contributed by atoms with van der Waals surface area (Å²) in [4.78, 5) is 22.3. The smallest absolute Gasteiger partial charge is 0.188 e. The summed E-state index contributed by atoms with van der Waals surface area (Å²) < 4.78 is 22.2. The molecule has 2 aromatic heterocycles. The van der Waals surface area contributed by atoms with Crippen LogP contribution in [0.5, 0.6) is 0 Å². The highest BCUT2D eigenvalue weighted by molar-refractivity contribution is 5.61. The van der Waals surface area contributed by atoms with Crippen LogP contribution in [0, 0.1) is 40.9 Å². The van der Waals surface area contributed by atoms with Crippen LogP contribution in [0.25, 0.3) is 22.5 Å². The minimum atomic E-state index is -0.774. The number of halogens is 1. The first-order valence-corrected chi connectivity index (χ1v) is 8.39. The molecule has 2 aromatic carbocycles. The Kier molecular flexibility index (Phi) is 5.50. The standard InChI is InChI=1S/C10H8N3O2.C9H8FN2O2/c1-7-2-4-8(5-3-7)10-9(6-11)12-15-13(10)14;1-6-2-4-7(5-3-6)8-9(10)11-14-12(8)13/h2-5,12H,1H3;2-5,11H,1H3/q2*+1. The number of aromatic amines is 2. The number of nitriles is 1. The largest absolute Gasteiger partial charge is 0.366 e. The zero-order chi connectivity index (χ0) is 21.0. The van der Waals surface area contributed by atoms with Crippen LogP contribution in [0.4, 0.5) is 4.39 Å². The van der Waals surface area contributed by atoms with E-state index in [0.717, 1.165) is 11.1 Å². The van der Waals surface area contributed by atoms with Gasteiger partial charge in [-0.3, -0.25) is 0 Å². The molecule has 0 atom stereocenters. The van der Waals surface area contributed by atoms with Gasteiger partial charge in [0.05, 0.1) is 0 Å². The molecular weight excluding hydrogens is 381 g/mol. The number of aryl methyl sites for hydroxylation is 2. The first kappa shape index (κ1) is 19.5. The van der Waals surface area contributed by atoms with Crippen molar-refractivity contribution in [1.29, 1.82) is 5.26 Å². The van der Waals surface area contributed by atoms with E-state index >= 15 is 0 Å². The van der Waals surface area contributed by atoms with E-state index in [1.165, 1.54) is 0 Å². The molecule has 0 amide bonds. The van der Waals surface area contributed by atoms with E-state index in [1.54, 1.807) is 36.4 Å². The minimum Gasteiger partial charge on any atom is -0.188 e. The van der Waals surface area contributed by atoms with E-state index in [4.69, 9.17) is 5.26 Å². The molecule has 29 heavy (non-hydrogen) atoms. The summed E-state index contributed by atoms with van der Waals surface area (Å²) in [6.45, 7) is 3.86. The lowest BCUT2D eigenvalue weighted by Crippen LogP contribution is -2.12. The van der Waals surface area contributed by atoms with Gasteiger partial charge in [0.15, 0.2) is 15.3 Å². The number of hydrogen-bond donors (Lipinski definition) is 2. The molecule has 0 aliphatic heterocycles. The number of rotatable bonds is 2. The van der Waals surface area contributed by atoms with Crippen molar-refractivity contribution in [2.45, 2.75) is 13.8 Å². The van der Waals surface area contributed by atoms with Gasteiger partial charge in [0, 0.05) is 11.1 Å². The molecule has 2 heterocycles. The molecule has 0 saturated heterocycles. The van der Waals surface area contributed by atoms with Crippen LogP contribution in [-0.2, 0) is 0 Å². The number of nitrogens with zero attached hydrogens (tertiary/aromatic N) is 3. The van der Waals surface area contributed by atoms with Crippen LogP contribution in [0.15, 0.2) is 57.8 Å². The lowest BCUT2D eigenvalue weighted by atomic mass is 10.1. The van der Waals surface area contributed by atoms with Gasteiger partial charge < -0.3 is 0 Å². The maximum absolute atomic E-state index is 13.0. The maximum Gasteiger partial charge on any atom is 0.366 e.